The summed E-state index contributed by atoms with van der Waals surface area (Å²) in [5, 5.41) is 0. The van der Waals surface area contributed by atoms with Gasteiger partial charge in [-0.05, 0) is 46.0 Å². The van der Waals surface area contributed by atoms with E-state index in [2.05, 4.69) is 37.8 Å². The molecule has 0 aliphatic carbocycles. The standard InChI is InChI=1S/C14H25NO2S.2C3H6.C2H6.C2H2/c1-3-11-6-5-7-12-8-9-13(10-18(17)4-2)15(12)14(11)16;2*1-3-2;2*1-2/h11-13H,3-10H2,1-2H3;2*3H,1H2,2H3;1-2H3;1-2H/t11?,12?,13-,18?;;;;/m0..../s1. The Morgan fingerprint density at radius 1 is 1.07 bits per heavy atom. The molecule has 0 aromatic rings. The number of nitrogens with zero attached hydrogens (tertiary/aromatic N) is 1. The van der Waals surface area contributed by atoms with Gasteiger partial charge in [0, 0.05) is 40.3 Å². The normalized spacial score (nSPS) is 23.2. The van der Waals surface area contributed by atoms with Crippen LogP contribution in [0, 0.1) is 18.8 Å². The van der Waals surface area contributed by atoms with E-state index < -0.39 is 10.8 Å². The summed E-state index contributed by atoms with van der Waals surface area (Å²) in [4.78, 5) is 14.7. The van der Waals surface area contributed by atoms with E-state index in [0.717, 1.165) is 32.1 Å². The Morgan fingerprint density at radius 3 is 2.00 bits per heavy atom. The predicted molar refractivity (Wildman–Crippen MR) is 128 cm³/mol. The first-order chi connectivity index (χ1) is 13.5. The predicted octanol–water partition coefficient (Wildman–Crippen LogP) is 5.98. The minimum atomic E-state index is -0.760. The van der Waals surface area contributed by atoms with Crippen LogP contribution in [-0.2, 0) is 15.6 Å². The number of allylic oxidation sites excluding steroid dienone is 2. The van der Waals surface area contributed by atoms with E-state index in [1.807, 2.05) is 34.6 Å². The minimum absolute atomic E-state index is 0.214. The molecule has 3 nitrogen and oxygen atoms in total. The summed E-state index contributed by atoms with van der Waals surface area (Å²) in [6.07, 6.45) is 18.0. The van der Waals surface area contributed by atoms with Crippen molar-refractivity contribution in [2.45, 2.75) is 92.2 Å². The van der Waals surface area contributed by atoms with Gasteiger partial charge in [0.05, 0.1) is 0 Å². The Labute approximate surface area is 178 Å². The molecule has 4 heteroatoms. The van der Waals surface area contributed by atoms with E-state index in [1.54, 1.807) is 12.2 Å². The maximum absolute atomic E-state index is 12.6. The SMILES string of the molecule is C#C.C=CC.C=CC.CC.CCC1CCCC2CC[C@@H](CS(=O)CC)N2C1=O. The number of amides is 1. The number of hydrogen-bond acceptors (Lipinski definition) is 2. The Balaban J connectivity index is -0.000000534. The molecule has 3 unspecified atom stereocenters. The van der Waals surface area contributed by atoms with Gasteiger partial charge in [-0.2, -0.15) is 0 Å². The van der Waals surface area contributed by atoms with Gasteiger partial charge in [0.25, 0.3) is 0 Å². The highest BCUT2D eigenvalue weighted by molar-refractivity contribution is 7.84. The molecular weight excluding hydrogens is 366 g/mol. The second-order valence-corrected chi connectivity index (χ2v) is 8.17. The Hall–Kier alpha value is -1.34. The summed E-state index contributed by atoms with van der Waals surface area (Å²) >= 11 is 0. The maximum Gasteiger partial charge on any atom is 0.226 e. The highest BCUT2D eigenvalue weighted by Gasteiger charge is 2.40. The zero-order chi connectivity index (χ0) is 22.5. The Morgan fingerprint density at radius 2 is 1.57 bits per heavy atom. The molecule has 1 amide bonds. The lowest BCUT2D eigenvalue weighted by atomic mass is 9.98. The van der Waals surface area contributed by atoms with Crippen LogP contribution in [0.5, 0.6) is 0 Å². The summed E-state index contributed by atoms with van der Waals surface area (Å²) in [6, 6.07) is 0.684. The van der Waals surface area contributed by atoms with Gasteiger partial charge >= 0.3 is 0 Å². The van der Waals surface area contributed by atoms with Crippen LogP contribution in [0.4, 0.5) is 0 Å². The van der Waals surface area contributed by atoms with Gasteiger partial charge in [0.15, 0.2) is 0 Å². The highest BCUT2D eigenvalue weighted by atomic mass is 32.2. The summed E-state index contributed by atoms with van der Waals surface area (Å²) < 4.78 is 11.8. The number of hydrogen-bond donors (Lipinski definition) is 0. The lowest BCUT2D eigenvalue weighted by Crippen LogP contribution is -2.45. The number of rotatable bonds is 4. The lowest BCUT2D eigenvalue weighted by molar-refractivity contribution is -0.137. The topological polar surface area (TPSA) is 37.4 Å². The molecule has 2 saturated heterocycles. The van der Waals surface area contributed by atoms with E-state index in [1.165, 1.54) is 6.42 Å². The van der Waals surface area contributed by atoms with Crippen molar-refractivity contribution in [2.24, 2.45) is 5.92 Å². The lowest BCUT2D eigenvalue weighted by Gasteiger charge is -2.30. The van der Waals surface area contributed by atoms with Gasteiger partial charge in [-0.1, -0.05) is 46.3 Å². The number of terminal acetylenes is 1. The Kier molecular flexibility index (Phi) is 24.6. The molecule has 0 bridgehead atoms. The van der Waals surface area contributed by atoms with Crippen molar-refractivity contribution >= 4 is 16.7 Å². The van der Waals surface area contributed by atoms with Crippen molar-refractivity contribution in [3.63, 3.8) is 0 Å². The fourth-order valence-corrected chi connectivity index (χ4v) is 4.41. The van der Waals surface area contributed by atoms with Crippen molar-refractivity contribution in [3.8, 4) is 12.8 Å². The molecule has 2 fully saturated rings. The summed E-state index contributed by atoms with van der Waals surface area (Å²) in [5.74, 6) is 1.96. The molecule has 164 valence electrons. The van der Waals surface area contributed by atoms with Crippen LogP contribution in [0.15, 0.2) is 25.3 Å². The third-order valence-corrected chi connectivity index (χ3v) is 5.91. The van der Waals surface area contributed by atoms with E-state index in [-0.39, 0.29) is 12.0 Å². The molecule has 0 aromatic carbocycles. The van der Waals surface area contributed by atoms with Gasteiger partial charge in [-0.15, -0.1) is 26.0 Å². The maximum atomic E-state index is 12.6. The summed E-state index contributed by atoms with van der Waals surface area (Å²) in [7, 11) is -0.760. The van der Waals surface area contributed by atoms with Gasteiger partial charge in [0.2, 0.25) is 5.91 Å². The van der Waals surface area contributed by atoms with Crippen molar-refractivity contribution in [1.82, 2.24) is 4.90 Å². The largest absolute Gasteiger partial charge is 0.336 e. The molecule has 0 saturated carbocycles. The summed E-state index contributed by atoms with van der Waals surface area (Å²) in [6.45, 7) is 18.6. The molecule has 2 aliphatic heterocycles. The van der Waals surface area contributed by atoms with E-state index in [0.29, 0.717) is 23.5 Å². The summed E-state index contributed by atoms with van der Waals surface area (Å²) in [5.41, 5.74) is 0. The zero-order valence-electron chi connectivity index (χ0n) is 19.3. The van der Waals surface area contributed by atoms with Gasteiger partial charge in [-0.25, -0.2) is 0 Å². The van der Waals surface area contributed by atoms with Crippen LogP contribution >= 0.6 is 0 Å². The van der Waals surface area contributed by atoms with Gasteiger partial charge in [0.1, 0.15) is 0 Å². The van der Waals surface area contributed by atoms with Crippen molar-refractivity contribution < 1.29 is 9.00 Å². The molecule has 2 aliphatic rings. The average Bonchev–Trinajstić information content (AvgIpc) is 3.03. The number of carbonyl (C=O) groups excluding carboxylic acids is 1. The molecule has 4 atom stereocenters. The molecule has 28 heavy (non-hydrogen) atoms. The van der Waals surface area contributed by atoms with Crippen molar-refractivity contribution in [1.29, 1.82) is 0 Å². The minimum Gasteiger partial charge on any atom is -0.336 e. The smallest absolute Gasteiger partial charge is 0.226 e. The molecule has 2 rings (SSSR count). The van der Waals surface area contributed by atoms with Crippen LogP contribution in [0.3, 0.4) is 0 Å². The Bertz CT molecular complexity index is 439. The van der Waals surface area contributed by atoms with Crippen LogP contribution in [-0.4, -0.2) is 38.6 Å². The third-order valence-electron chi connectivity index (χ3n) is 4.51. The fourth-order valence-electron chi connectivity index (χ4n) is 3.41. The fraction of sp³-hybridized carbons (Fsp3) is 0.708. The first-order valence-electron chi connectivity index (χ1n) is 10.6. The van der Waals surface area contributed by atoms with E-state index in [4.69, 9.17) is 0 Å². The second-order valence-electron chi connectivity index (χ2n) is 6.38. The molecule has 0 spiro atoms. The van der Waals surface area contributed by atoms with Gasteiger partial charge < -0.3 is 4.90 Å². The van der Waals surface area contributed by atoms with E-state index >= 15 is 0 Å². The quantitative estimate of drug-likeness (QED) is 0.421. The second kappa shape index (κ2) is 22.0. The van der Waals surface area contributed by atoms with Crippen molar-refractivity contribution in [2.75, 3.05) is 11.5 Å². The van der Waals surface area contributed by atoms with Crippen LogP contribution in [0.2, 0.25) is 0 Å². The molecule has 2 heterocycles. The van der Waals surface area contributed by atoms with Crippen LogP contribution in [0.25, 0.3) is 0 Å². The van der Waals surface area contributed by atoms with Crippen molar-refractivity contribution in [3.05, 3.63) is 25.3 Å². The monoisotopic (exact) mass is 411 g/mol. The van der Waals surface area contributed by atoms with E-state index in [9.17, 15) is 9.00 Å². The zero-order valence-corrected chi connectivity index (χ0v) is 20.1. The number of fused-ring (bicyclic) bond motifs is 1. The molecule has 0 aromatic heterocycles. The highest BCUT2D eigenvalue weighted by Crippen LogP contribution is 2.34. The van der Waals surface area contributed by atoms with Crippen LogP contribution in [0.1, 0.15) is 80.1 Å². The average molecular weight is 412 g/mol. The third kappa shape index (κ3) is 12.2. The molecular formula is C24H45NO2S. The first-order valence-corrected chi connectivity index (χ1v) is 12.1. The first kappa shape index (κ1) is 31.4. The van der Waals surface area contributed by atoms with Gasteiger partial charge in [-0.3, -0.25) is 9.00 Å². The molecule has 0 N–H and O–H groups in total. The van der Waals surface area contributed by atoms with Crippen LogP contribution < -0.4 is 0 Å². The molecule has 0 radical (unpaired) electrons. The number of carbonyl (C=O) groups is 1.